The normalized spacial score (nSPS) is 14.4. The molecule has 0 radical (unpaired) electrons. The molecule has 1 saturated carbocycles. The highest BCUT2D eigenvalue weighted by Crippen LogP contribution is 2.33. The molecule has 1 fully saturated rings. The van der Waals surface area contributed by atoms with Crippen LogP contribution in [0.3, 0.4) is 0 Å². The molecule has 1 aromatic heterocycles. The summed E-state index contributed by atoms with van der Waals surface area (Å²) in [5.41, 5.74) is 0.406. The molecule has 98 valence electrons. The molecule has 1 heterocycles. The molecule has 1 aliphatic rings. The summed E-state index contributed by atoms with van der Waals surface area (Å²) in [4.78, 5) is 22.5. The highest BCUT2D eigenvalue weighted by atomic mass is 16.4. The second kappa shape index (κ2) is 5.71. The maximum absolute atomic E-state index is 11.8. The number of amides is 1. The van der Waals surface area contributed by atoms with Crippen LogP contribution in [0.1, 0.15) is 36.2 Å². The molecule has 0 bridgehead atoms. The largest absolute Gasteiger partial charge is 0.480 e. The number of aliphatic carboxylic acids is 1. The summed E-state index contributed by atoms with van der Waals surface area (Å²) in [7, 11) is 0. The van der Waals surface area contributed by atoms with Crippen molar-refractivity contribution in [1.82, 2.24) is 9.88 Å². The minimum Gasteiger partial charge on any atom is -0.480 e. The number of hydrogen-bond donors (Lipinski definition) is 2. The molecule has 18 heavy (non-hydrogen) atoms. The number of rotatable bonds is 7. The first-order valence-electron chi connectivity index (χ1n) is 6.32. The molecule has 2 rings (SSSR count). The average Bonchev–Trinajstić information content (AvgIpc) is 3.03. The number of carboxylic acids is 1. The Bertz CT molecular complexity index is 435. The van der Waals surface area contributed by atoms with Crippen LogP contribution in [0.25, 0.3) is 0 Å². The minimum atomic E-state index is -0.950. The van der Waals surface area contributed by atoms with Crippen molar-refractivity contribution >= 4 is 11.9 Å². The van der Waals surface area contributed by atoms with Gasteiger partial charge in [0.2, 0.25) is 0 Å². The van der Waals surface area contributed by atoms with Crippen LogP contribution in [0.15, 0.2) is 18.3 Å². The molecule has 0 aliphatic heterocycles. The SMILES string of the molecule is O=C(O)Cn1cccc1C(=O)NCCCC1CC1. The standard InChI is InChI=1S/C13H18N2O3/c16-12(17)9-15-8-2-4-11(15)13(18)14-7-1-3-10-5-6-10/h2,4,8,10H,1,3,5-7,9H2,(H,14,18)(H,16,17). The van der Waals surface area contributed by atoms with Crippen LogP contribution in [0.4, 0.5) is 0 Å². The monoisotopic (exact) mass is 250 g/mol. The van der Waals surface area contributed by atoms with E-state index in [2.05, 4.69) is 5.32 Å². The number of aromatic nitrogens is 1. The van der Waals surface area contributed by atoms with Gasteiger partial charge in [-0.15, -0.1) is 0 Å². The van der Waals surface area contributed by atoms with E-state index in [4.69, 9.17) is 5.11 Å². The van der Waals surface area contributed by atoms with Gasteiger partial charge in [-0.1, -0.05) is 12.8 Å². The molecule has 5 heteroatoms. The summed E-state index contributed by atoms with van der Waals surface area (Å²) >= 11 is 0. The Morgan fingerprint density at radius 2 is 2.22 bits per heavy atom. The second-order valence-corrected chi connectivity index (χ2v) is 4.76. The van der Waals surface area contributed by atoms with Crippen LogP contribution in [-0.2, 0) is 11.3 Å². The Morgan fingerprint density at radius 3 is 2.89 bits per heavy atom. The molecule has 2 N–H and O–H groups in total. The lowest BCUT2D eigenvalue weighted by Crippen LogP contribution is -2.27. The highest BCUT2D eigenvalue weighted by Gasteiger charge is 2.20. The van der Waals surface area contributed by atoms with Crippen LogP contribution in [-0.4, -0.2) is 28.1 Å². The van der Waals surface area contributed by atoms with E-state index < -0.39 is 5.97 Å². The first-order chi connectivity index (χ1) is 8.66. The lowest BCUT2D eigenvalue weighted by molar-refractivity contribution is -0.137. The Balaban J connectivity index is 1.79. The summed E-state index contributed by atoms with van der Waals surface area (Å²) in [6, 6.07) is 3.32. The quantitative estimate of drug-likeness (QED) is 0.720. The third-order valence-corrected chi connectivity index (χ3v) is 3.14. The molecule has 0 aromatic carbocycles. The fourth-order valence-corrected chi connectivity index (χ4v) is 1.99. The molecule has 1 aromatic rings. The van der Waals surface area contributed by atoms with Gasteiger partial charge in [-0.3, -0.25) is 9.59 Å². The fourth-order valence-electron chi connectivity index (χ4n) is 1.99. The Hall–Kier alpha value is -1.78. The molecule has 5 nitrogen and oxygen atoms in total. The van der Waals surface area contributed by atoms with E-state index in [1.54, 1.807) is 18.3 Å². The van der Waals surface area contributed by atoms with Crippen molar-refractivity contribution in [1.29, 1.82) is 0 Å². The molecule has 0 spiro atoms. The van der Waals surface area contributed by atoms with E-state index in [1.807, 2.05) is 0 Å². The summed E-state index contributed by atoms with van der Waals surface area (Å²) < 4.78 is 1.44. The predicted octanol–water partition coefficient (Wildman–Crippen LogP) is 1.49. The molecule has 0 atom stereocenters. The highest BCUT2D eigenvalue weighted by molar-refractivity contribution is 5.93. The Kier molecular flexibility index (Phi) is 4.02. The van der Waals surface area contributed by atoms with Gasteiger partial charge in [0.1, 0.15) is 12.2 Å². The Labute approximate surface area is 106 Å². The van der Waals surface area contributed by atoms with E-state index in [1.165, 1.54) is 23.8 Å². The van der Waals surface area contributed by atoms with E-state index in [-0.39, 0.29) is 12.5 Å². The van der Waals surface area contributed by atoms with Gasteiger partial charge in [-0.25, -0.2) is 0 Å². The number of carbonyl (C=O) groups is 2. The topological polar surface area (TPSA) is 71.3 Å². The number of nitrogens with one attached hydrogen (secondary N) is 1. The summed E-state index contributed by atoms with van der Waals surface area (Å²) in [5.74, 6) is -0.274. The third-order valence-electron chi connectivity index (χ3n) is 3.14. The van der Waals surface area contributed by atoms with Crippen molar-refractivity contribution in [3.8, 4) is 0 Å². The summed E-state index contributed by atoms with van der Waals surface area (Å²) in [6.45, 7) is 0.478. The minimum absolute atomic E-state index is 0.183. The smallest absolute Gasteiger partial charge is 0.323 e. The van der Waals surface area contributed by atoms with Crippen molar-refractivity contribution < 1.29 is 14.7 Å². The zero-order valence-electron chi connectivity index (χ0n) is 10.3. The molecule has 0 unspecified atom stereocenters. The molecule has 1 aliphatic carbocycles. The maximum Gasteiger partial charge on any atom is 0.323 e. The van der Waals surface area contributed by atoms with Gasteiger partial charge in [0, 0.05) is 12.7 Å². The van der Waals surface area contributed by atoms with Crippen molar-refractivity contribution in [3.63, 3.8) is 0 Å². The number of carboxylic acid groups (broad SMARTS) is 1. The van der Waals surface area contributed by atoms with Gasteiger partial charge in [0.05, 0.1) is 0 Å². The molecular weight excluding hydrogens is 232 g/mol. The predicted molar refractivity (Wildman–Crippen MR) is 66.4 cm³/mol. The first kappa shape index (κ1) is 12.7. The van der Waals surface area contributed by atoms with Crippen LogP contribution >= 0.6 is 0 Å². The lowest BCUT2D eigenvalue weighted by Gasteiger charge is -2.07. The molecule has 1 amide bonds. The van der Waals surface area contributed by atoms with Gasteiger partial charge >= 0.3 is 5.97 Å². The van der Waals surface area contributed by atoms with Gasteiger partial charge in [-0.05, 0) is 30.9 Å². The van der Waals surface area contributed by atoms with E-state index in [9.17, 15) is 9.59 Å². The molecular formula is C13H18N2O3. The van der Waals surface area contributed by atoms with Crippen molar-refractivity contribution in [2.75, 3.05) is 6.54 Å². The summed E-state index contributed by atoms with van der Waals surface area (Å²) in [5, 5.41) is 11.6. The van der Waals surface area contributed by atoms with Crippen LogP contribution in [0.5, 0.6) is 0 Å². The molecule has 0 saturated heterocycles. The average molecular weight is 250 g/mol. The lowest BCUT2D eigenvalue weighted by atomic mass is 10.2. The fraction of sp³-hybridized carbons (Fsp3) is 0.538. The Morgan fingerprint density at radius 1 is 1.44 bits per heavy atom. The summed E-state index contributed by atoms with van der Waals surface area (Å²) in [6.07, 6.45) is 6.44. The van der Waals surface area contributed by atoms with Gasteiger partial charge in [-0.2, -0.15) is 0 Å². The van der Waals surface area contributed by atoms with E-state index in [0.29, 0.717) is 12.2 Å². The van der Waals surface area contributed by atoms with Crippen molar-refractivity contribution in [3.05, 3.63) is 24.0 Å². The number of nitrogens with zero attached hydrogens (tertiary/aromatic N) is 1. The first-order valence-corrected chi connectivity index (χ1v) is 6.32. The van der Waals surface area contributed by atoms with Gasteiger partial charge in [0.25, 0.3) is 5.91 Å². The van der Waals surface area contributed by atoms with E-state index in [0.717, 1.165) is 12.3 Å². The van der Waals surface area contributed by atoms with Crippen molar-refractivity contribution in [2.45, 2.75) is 32.2 Å². The zero-order valence-corrected chi connectivity index (χ0v) is 10.3. The number of carbonyl (C=O) groups excluding carboxylic acids is 1. The van der Waals surface area contributed by atoms with Crippen LogP contribution in [0, 0.1) is 5.92 Å². The maximum atomic E-state index is 11.8. The third kappa shape index (κ3) is 3.61. The van der Waals surface area contributed by atoms with Gasteiger partial charge in [0.15, 0.2) is 0 Å². The zero-order chi connectivity index (χ0) is 13.0. The van der Waals surface area contributed by atoms with Crippen LogP contribution in [0.2, 0.25) is 0 Å². The van der Waals surface area contributed by atoms with Crippen molar-refractivity contribution in [2.24, 2.45) is 5.92 Å². The van der Waals surface area contributed by atoms with E-state index >= 15 is 0 Å². The van der Waals surface area contributed by atoms with Crippen LogP contribution < -0.4 is 5.32 Å². The second-order valence-electron chi connectivity index (χ2n) is 4.76. The van der Waals surface area contributed by atoms with Gasteiger partial charge < -0.3 is 15.0 Å². The number of hydrogen-bond acceptors (Lipinski definition) is 2.